The van der Waals surface area contributed by atoms with Gasteiger partial charge in [-0.2, -0.15) is 0 Å². The van der Waals surface area contributed by atoms with E-state index >= 15 is 0 Å². The first-order valence-corrected chi connectivity index (χ1v) is 8.95. The Morgan fingerprint density at radius 2 is 1.59 bits per heavy atom. The van der Waals surface area contributed by atoms with Crippen molar-refractivity contribution in [3.63, 3.8) is 0 Å². The van der Waals surface area contributed by atoms with Gasteiger partial charge in [0.25, 0.3) is 5.91 Å². The minimum Gasteiger partial charge on any atom is -0.495 e. The van der Waals surface area contributed by atoms with E-state index in [1.165, 1.54) is 0 Å². The predicted octanol–water partition coefficient (Wildman–Crippen LogP) is 4.41. The van der Waals surface area contributed by atoms with Gasteiger partial charge in [0.2, 0.25) is 0 Å². The van der Waals surface area contributed by atoms with E-state index < -0.39 is 0 Å². The lowest BCUT2D eigenvalue weighted by molar-refractivity contribution is 0.102. The molecule has 0 saturated carbocycles. The fraction of sp³-hybridized carbons (Fsp3) is 0.182. The molecule has 150 valence electrons. The van der Waals surface area contributed by atoms with Gasteiger partial charge in [0.15, 0.2) is 11.5 Å². The molecule has 2 N–H and O–H groups in total. The first-order valence-electron chi connectivity index (χ1n) is 8.95. The zero-order valence-electron chi connectivity index (χ0n) is 16.8. The van der Waals surface area contributed by atoms with E-state index in [1.807, 2.05) is 31.2 Å². The number of aromatic nitrogens is 1. The lowest BCUT2D eigenvalue weighted by Crippen LogP contribution is -2.13. The highest BCUT2D eigenvalue weighted by atomic mass is 16.5. The molecule has 0 aliphatic heterocycles. The molecule has 7 heteroatoms. The van der Waals surface area contributed by atoms with Crippen LogP contribution in [-0.4, -0.2) is 32.2 Å². The van der Waals surface area contributed by atoms with E-state index in [2.05, 4.69) is 15.6 Å². The van der Waals surface area contributed by atoms with Crippen LogP contribution in [-0.2, 0) is 0 Å². The van der Waals surface area contributed by atoms with Crippen molar-refractivity contribution in [1.82, 2.24) is 4.98 Å². The Morgan fingerprint density at radius 3 is 2.31 bits per heavy atom. The van der Waals surface area contributed by atoms with Crippen molar-refractivity contribution in [3.8, 4) is 17.2 Å². The number of hydrogen-bond donors (Lipinski definition) is 2. The highest BCUT2D eigenvalue weighted by Crippen LogP contribution is 2.31. The summed E-state index contributed by atoms with van der Waals surface area (Å²) in [6.07, 6.45) is 1.57. The van der Waals surface area contributed by atoms with Crippen LogP contribution in [0.4, 0.5) is 17.2 Å². The van der Waals surface area contributed by atoms with Crippen molar-refractivity contribution in [2.24, 2.45) is 0 Å². The number of ether oxygens (including phenoxy) is 3. The molecule has 29 heavy (non-hydrogen) atoms. The topological polar surface area (TPSA) is 81.7 Å². The average Bonchev–Trinajstić information content (AvgIpc) is 2.74. The van der Waals surface area contributed by atoms with Crippen molar-refractivity contribution in [2.75, 3.05) is 32.0 Å². The largest absolute Gasteiger partial charge is 0.495 e. The molecule has 0 radical (unpaired) electrons. The molecule has 7 nitrogen and oxygen atoms in total. The SMILES string of the molecule is COc1ccc(C)cc1NC(=O)c1ccnc(Nc2ccc(OC)c(OC)c2)c1. The number of methoxy groups -OCH3 is 3. The molecule has 0 saturated heterocycles. The van der Waals surface area contributed by atoms with Gasteiger partial charge in [0.05, 0.1) is 27.0 Å². The molecule has 3 aromatic rings. The maximum Gasteiger partial charge on any atom is 0.255 e. The number of aryl methyl sites for hydroxylation is 1. The molecule has 0 aliphatic carbocycles. The predicted molar refractivity (Wildman–Crippen MR) is 113 cm³/mol. The molecule has 1 heterocycles. The van der Waals surface area contributed by atoms with Gasteiger partial charge in [-0.05, 0) is 48.9 Å². The molecule has 3 rings (SSSR count). The van der Waals surface area contributed by atoms with Crippen molar-refractivity contribution < 1.29 is 19.0 Å². The van der Waals surface area contributed by atoms with E-state index in [1.54, 1.807) is 51.8 Å². The number of nitrogens with one attached hydrogen (secondary N) is 2. The number of carbonyl (C=O) groups is 1. The minimum atomic E-state index is -0.258. The van der Waals surface area contributed by atoms with Crippen molar-refractivity contribution in [1.29, 1.82) is 0 Å². The number of amides is 1. The number of hydrogen-bond acceptors (Lipinski definition) is 6. The van der Waals surface area contributed by atoms with Gasteiger partial charge in [-0.15, -0.1) is 0 Å². The lowest BCUT2D eigenvalue weighted by atomic mass is 10.2. The third kappa shape index (κ3) is 4.76. The van der Waals surface area contributed by atoms with E-state index in [9.17, 15) is 4.79 Å². The summed E-state index contributed by atoms with van der Waals surface area (Å²) in [7, 11) is 4.72. The molecular weight excluding hydrogens is 370 g/mol. The summed E-state index contributed by atoms with van der Waals surface area (Å²) in [6, 6.07) is 14.4. The third-order valence-corrected chi connectivity index (χ3v) is 4.28. The molecule has 0 unspecified atom stereocenters. The summed E-state index contributed by atoms with van der Waals surface area (Å²) in [5.74, 6) is 2.10. The van der Waals surface area contributed by atoms with Gasteiger partial charge >= 0.3 is 0 Å². The summed E-state index contributed by atoms with van der Waals surface area (Å²) in [5, 5.41) is 6.06. The summed E-state index contributed by atoms with van der Waals surface area (Å²) in [6.45, 7) is 1.95. The fourth-order valence-electron chi connectivity index (χ4n) is 2.82. The smallest absolute Gasteiger partial charge is 0.255 e. The molecular formula is C22H23N3O4. The quantitative estimate of drug-likeness (QED) is 0.619. The van der Waals surface area contributed by atoms with Gasteiger partial charge in [-0.1, -0.05) is 6.07 Å². The van der Waals surface area contributed by atoms with Crippen molar-refractivity contribution in [2.45, 2.75) is 6.92 Å². The molecule has 2 aromatic carbocycles. The number of rotatable bonds is 7. The molecule has 0 aliphatic rings. The standard InChI is InChI=1S/C22H23N3O4/c1-14-5-7-18(27-2)17(11-14)25-22(26)15-9-10-23-21(12-15)24-16-6-8-19(28-3)20(13-16)29-4/h5-13H,1-4H3,(H,23,24)(H,25,26). The molecule has 1 aromatic heterocycles. The second-order valence-electron chi connectivity index (χ2n) is 6.28. The Labute approximate surface area is 169 Å². The number of nitrogens with zero attached hydrogens (tertiary/aromatic N) is 1. The van der Waals surface area contributed by atoms with Crippen LogP contribution in [0.5, 0.6) is 17.2 Å². The van der Waals surface area contributed by atoms with Gasteiger partial charge in [0, 0.05) is 23.5 Å². The summed E-state index contributed by atoms with van der Waals surface area (Å²) >= 11 is 0. The Hall–Kier alpha value is -3.74. The zero-order valence-corrected chi connectivity index (χ0v) is 16.8. The molecule has 0 bridgehead atoms. The van der Waals surface area contributed by atoms with Crippen LogP contribution in [0.25, 0.3) is 0 Å². The lowest BCUT2D eigenvalue weighted by Gasteiger charge is -2.13. The highest BCUT2D eigenvalue weighted by Gasteiger charge is 2.12. The fourth-order valence-corrected chi connectivity index (χ4v) is 2.82. The number of pyridine rings is 1. The Balaban J connectivity index is 1.79. The van der Waals surface area contributed by atoms with Gasteiger partial charge in [-0.25, -0.2) is 4.98 Å². The van der Waals surface area contributed by atoms with E-state index in [4.69, 9.17) is 14.2 Å². The number of benzene rings is 2. The van der Waals surface area contributed by atoms with Crippen LogP contribution in [0.2, 0.25) is 0 Å². The van der Waals surface area contributed by atoms with Crippen LogP contribution in [0, 0.1) is 6.92 Å². The summed E-state index contributed by atoms with van der Waals surface area (Å²) in [5.41, 5.74) is 2.86. The van der Waals surface area contributed by atoms with Crippen LogP contribution >= 0.6 is 0 Å². The first kappa shape index (κ1) is 20.0. The average molecular weight is 393 g/mol. The summed E-state index contributed by atoms with van der Waals surface area (Å²) in [4.78, 5) is 17.0. The Kier molecular flexibility index (Phi) is 6.19. The van der Waals surface area contributed by atoms with Gasteiger partial charge in [-0.3, -0.25) is 4.79 Å². The van der Waals surface area contributed by atoms with E-state index in [0.717, 1.165) is 11.3 Å². The molecule has 0 atom stereocenters. The second-order valence-corrected chi connectivity index (χ2v) is 6.28. The van der Waals surface area contributed by atoms with Crippen molar-refractivity contribution in [3.05, 3.63) is 65.9 Å². The van der Waals surface area contributed by atoms with Crippen molar-refractivity contribution >= 4 is 23.1 Å². The Morgan fingerprint density at radius 1 is 0.862 bits per heavy atom. The third-order valence-electron chi connectivity index (χ3n) is 4.28. The molecule has 0 spiro atoms. The summed E-state index contributed by atoms with van der Waals surface area (Å²) < 4.78 is 15.9. The van der Waals surface area contributed by atoms with Crippen LogP contribution < -0.4 is 24.8 Å². The van der Waals surface area contributed by atoms with Crippen LogP contribution in [0.15, 0.2) is 54.7 Å². The maximum absolute atomic E-state index is 12.7. The monoisotopic (exact) mass is 393 g/mol. The second kappa shape index (κ2) is 8.97. The normalized spacial score (nSPS) is 10.2. The Bertz CT molecular complexity index is 1020. The van der Waals surface area contributed by atoms with Crippen LogP contribution in [0.3, 0.4) is 0 Å². The van der Waals surface area contributed by atoms with E-state index in [0.29, 0.717) is 34.3 Å². The van der Waals surface area contributed by atoms with E-state index in [-0.39, 0.29) is 5.91 Å². The van der Waals surface area contributed by atoms with Gasteiger partial charge in [0.1, 0.15) is 11.6 Å². The zero-order chi connectivity index (χ0) is 20.8. The highest BCUT2D eigenvalue weighted by molar-refractivity contribution is 6.05. The maximum atomic E-state index is 12.7. The number of anilines is 3. The molecule has 1 amide bonds. The van der Waals surface area contributed by atoms with Crippen LogP contribution in [0.1, 0.15) is 15.9 Å². The minimum absolute atomic E-state index is 0.258. The first-order chi connectivity index (χ1) is 14.0. The van der Waals surface area contributed by atoms with Gasteiger partial charge < -0.3 is 24.8 Å². The number of carbonyl (C=O) groups excluding carboxylic acids is 1. The molecule has 0 fully saturated rings.